The summed E-state index contributed by atoms with van der Waals surface area (Å²) in [7, 11) is 0. The van der Waals surface area contributed by atoms with Crippen LogP contribution in [0.5, 0.6) is 0 Å². The maximum Gasteiger partial charge on any atom is 0.161 e. The Bertz CT molecular complexity index is 1150. The summed E-state index contributed by atoms with van der Waals surface area (Å²) in [5.74, 6) is 0.915. The summed E-state index contributed by atoms with van der Waals surface area (Å²) in [6.07, 6.45) is 5.14. The van der Waals surface area contributed by atoms with Crippen LogP contribution in [0.3, 0.4) is 0 Å². The van der Waals surface area contributed by atoms with Crippen LogP contribution < -0.4 is 9.80 Å². The summed E-state index contributed by atoms with van der Waals surface area (Å²) in [5.41, 5.74) is 5.03. The summed E-state index contributed by atoms with van der Waals surface area (Å²) < 4.78 is 0. The Balaban J connectivity index is 1.45. The minimum absolute atomic E-state index is 0.745. The molecule has 4 aromatic rings. The zero-order valence-corrected chi connectivity index (χ0v) is 16.8. The number of benzene rings is 1. The number of piperazine rings is 1. The smallest absolute Gasteiger partial charge is 0.161 e. The minimum Gasteiger partial charge on any atom is -0.368 e. The monoisotopic (exact) mass is 405 g/mol. The Hall–Kier alpha value is -3.19. The van der Waals surface area contributed by atoms with E-state index in [1.165, 1.54) is 11.3 Å². The molecule has 1 N–H and O–H groups in total. The number of rotatable bonds is 3. The fraction of sp³-hybridized carbons (Fsp3) is 0.238. The minimum atomic E-state index is 0.745. The number of halogens is 1. The lowest BCUT2D eigenvalue weighted by atomic mass is 10.1. The molecule has 1 saturated heterocycles. The van der Waals surface area contributed by atoms with Gasteiger partial charge >= 0.3 is 0 Å². The van der Waals surface area contributed by atoms with Crippen molar-refractivity contribution in [3.8, 4) is 11.3 Å². The highest BCUT2D eigenvalue weighted by atomic mass is 35.5. The van der Waals surface area contributed by atoms with Crippen LogP contribution in [0.2, 0.25) is 5.02 Å². The molecule has 8 heteroatoms. The molecule has 7 nitrogen and oxygen atoms in total. The average Bonchev–Trinajstić information content (AvgIpc) is 3.21. The Labute approximate surface area is 173 Å². The lowest BCUT2D eigenvalue weighted by Crippen LogP contribution is -2.47. The molecule has 0 unspecified atom stereocenters. The molecule has 1 aliphatic rings. The molecule has 0 spiro atoms. The highest BCUT2D eigenvalue weighted by Gasteiger charge is 2.24. The van der Waals surface area contributed by atoms with Gasteiger partial charge in [-0.3, -0.25) is 10.1 Å². The molecule has 0 aliphatic carbocycles. The number of hydrogen-bond acceptors (Lipinski definition) is 6. The van der Waals surface area contributed by atoms with E-state index in [0.29, 0.717) is 0 Å². The number of pyridine rings is 1. The first-order valence-electron chi connectivity index (χ1n) is 9.56. The summed E-state index contributed by atoms with van der Waals surface area (Å²) in [4.78, 5) is 17.8. The topological polar surface area (TPSA) is 73.8 Å². The van der Waals surface area contributed by atoms with Gasteiger partial charge in [-0.15, -0.1) is 0 Å². The first-order valence-corrected chi connectivity index (χ1v) is 9.94. The number of nitrogens with one attached hydrogen (secondary N) is 1. The zero-order valence-electron chi connectivity index (χ0n) is 16.0. The number of aromatic amines is 1. The first kappa shape index (κ1) is 17.9. The summed E-state index contributed by atoms with van der Waals surface area (Å²) in [6, 6.07) is 9.96. The van der Waals surface area contributed by atoms with E-state index in [4.69, 9.17) is 11.6 Å². The zero-order chi connectivity index (χ0) is 19.8. The van der Waals surface area contributed by atoms with Gasteiger partial charge < -0.3 is 9.80 Å². The lowest BCUT2D eigenvalue weighted by molar-refractivity contribution is 0.648. The summed E-state index contributed by atoms with van der Waals surface area (Å²) in [6.45, 7) is 5.64. The van der Waals surface area contributed by atoms with Gasteiger partial charge in [0.15, 0.2) is 5.65 Å². The molecule has 5 rings (SSSR count). The highest BCUT2D eigenvalue weighted by Crippen LogP contribution is 2.32. The molecular weight excluding hydrogens is 386 g/mol. The number of hydrogen-bond donors (Lipinski definition) is 1. The Morgan fingerprint density at radius 2 is 1.72 bits per heavy atom. The largest absolute Gasteiger partial charge is 0.368 e. The highest BCUT2D eigenvalue weighted by molar-refractivity contribution is 6.30. The predicted octanol–water partition coefficient (Wildman–Crippen LogP) is 3.70. The number of H-pyrrole nitrogens is 1. The second-order valence-electron chi connectivity index (χ2n) is 7.13. The number of anilines is 2. The van der Waals surface area contributed by atoms with Gasteiger partial charge in [-0.05, 0) is 36.8 Å². The lowest BCUT2D eigenvalue weighted by Gasteiger charge is -2.37. The molecular formula is C21H20ClN7. The number of fused-ring (bicyclic) bond motifs is 1. The van der Waals surface area contributed by atoms with Gasteiger partial charge in [0.1, 0.15) is 17.8 Å². The van der Waals surface area contributed by atoms with Crippen molar-refractivity contribution in [2.45, 2.75) is 6.92 Å². The second kappa shape index (κ2) is 7.33. The van der Waals surface area contributed by atoms with E-state index in [2.05, 4.69) is 47.9 Å². The van der Waals surface area contributed by atoms with Crippen molar-refractivity contribution < 1.29 is 0 Å². The van der Waals surface area contributed by atoms with Gasteiger partial charge in [0, 0.05) is 54.8 Å². The van der Waals surface area contributed by atoms with Crippen LogP contribution >= 0.6 is 11.6 Å². The Kier molecular flexibility index (Phi) is 4.52. The van der Waals surface area contributed by atoms with Crippen molar-refractivity contribution in [3.05, 3.63) is 59.6 Å². The van der Waals surface area contributed by atoms with Gasteiger partial charge in [0.2, 0.25) is 0 Å². The summed E-state index contributed by atoms with van der Waals surface area (Å²) >= 11 is 6.22. The number of nitrogens with zero attached hydrogens (tertiary/aromatic N) is 6. The third-order valence-corrected chi connectivity index (χ3v) is 5.62. The molecule has 0 saturated carbocycles. The number of aryl methyl sites for hydroxylation is 1. The van der Waals surface area contributed by atoms with Crippen molar-refractivity contribution in [1.82, 2.24) is 25.1 Å². The van der Waals surface area contributed by atoms with Crippen LogP contribution in [0.15, 0.2) is 49.1 Å². The van der Waals surface area contributed by atoms with E-state index >= 15 is 0 Å². The van der Waals surface area contributed by atoms with Crippen LogP contribution in [0, 0.1) is 6.92 Å². The van der Waals surface area contributed by atoms with Crippen molar-refractivity contribution in [2.75, 3.05) is 36.0 Å². The first-order chi connectivity index (χ1) is 14.2. The second-order valence-corrected chi connectivity index (χ2v) is 7.57. The van der Waals surface area contributed by atoms with Crippen LogP contribution in [-0.4, -0.2) is 51.3 Å². The van der Waals surface area contributed by atoms with Crippen LogP contribution in [0.4, 0.5) is 11.5 Å². The molecule has 146 valence electrons. The maximum atomic E-state index is 6.22. The molecule has 1 aliphatic heterocycles. The van der Waals surface area contributed by atoms with Crippen molar-refractivity contribution >= 4 is 34.1 Å². The molecule has 4 heterocycles. The van der Waals surface area contributed by atoms with Crippen molar-refractivity contribution in [2.24, 2.45) is 0 Å². The molecule has 0 radical (unpaired) electrons. The van der Waals surface area contributed by atoms with Crippen molar-refractivity contribution in [3.63, 3.8) is 0 Å². The standard InChI is InChI=1S/C21H20ClN7/c1-14-2-3-16(22)12-17(14)28-8-10-29(11-9-28)21-18-19(15-4-6-23-7-5-15)26-27-20(18)24-13-25-21/h2-7,12-13H,8-11H2,1H3,(H,24,25,26,27). The molecule has 0 bridgehead atoms. The van der Waals surface area contributed by atoms with E-state index in [-0.39, 0.29) is 0 Å². The Morgan fingerprint density at radius 1 is 0.966 bits per heavy atom. The van der Waals surface area contributed by atoms with E-state index in [9.17, 15) is 0 Å². The molecule has 1 fully saturated rings. The fourth-order valence-electron chi connectivity index (χ4n) is 3.88. The number of aromatic nitrogens is 5. The molecule has 1 aromatic carbocycles. The molecule has 3 aromatic heterocycles. The molecule has 29 heavy (non-hydrogen) atoms. The van der Waals surface area contributed by atoms with Crippen LogP contribution in [0.1, 0.15) is 5.56 Å². The van der Waals surface area contributed by atoms with E-state index in [1.807, 2.05) is 24.3 Å². The summed E-state index contributed by atoms with van der Waals surface area (Å²) in [5, 5.41) is 9.26. The van der Waals surface area contributed by atoms with Crippen LogP contribution in [0.25, 0.3) is 22.3 Å². The van der Waals surface area contributed by atoms with Gasteiger partial charge in [-0.25, -0.2) is 9.97 Å². The van der Waals surface area contributed by atoms with Gasteiger partial charge in [-0.1, -0.05) is 17.7 Å². The van der Waals surface area contributed by atoms with Crippen molar-refractivity contribution in [1.29, 1.82) is 0 Å². The molecule has 0 atom stereocenters. The quantitative estimate of drug-likeness (QED) is 0.560. The normalized spacial score (nSPS) is 14.6. The van der Waals surface area contributed by atoms with E-state index in [0.717, 1.165) is 59.3 Å². The molecule has 0 amide bonds. The van der Waals surface area contributed by atoms with Gasteiger partial charge in [-0.2, -0.15) is 5.10 Å². The van der Waals surface area contributed by atoms with Crippen LogP contribution in [-0.2, 0) is 0 Å². The fourth-order valence-corrected chi connectivity index (χ4v) is 4.05. The van der Waals surface area contributed by atoms with E-state index in [1.54, 1.807) is 18.7 Å². The average molecular weight is 406 g/mol. The SMILES string of the molecule is Cc1ccc(Cl)cc1N1CCN(c2ncnc3[nH]nc(-c4ccncc4)c23)CC1. The van der Waals surface area contributed by atoms with E-state index < -0.39 is 0 Å². The van der Waals surface area contributed by atoms with Gasteiger partial charge in [0.05, 0.1) is 5.39 Å². The third-order valence-electron chi connectivity index (χ3n) is 5.38. The predicted molar refractivity (Wildman–Crippen MR) is 116 cm³/mol. The van der Waals surface area contributed by atoms with Gasteiger partial charge in [0.25, 0.3) is 0 Å². The maximum absolute atomic E-state index is 6.22. The third kappa shape index (κ3) is 3.27. The Morgan fingerprint density at radius 3 is 2.52 bits per heavy atom.